The summed E-state index contributed by atoms with van der Waals surface area (Å²) in [5.41, 5.74) is 0.401. The van der Waals surface area contributed by atoms with Crippen LogP contribution in [0.25, 0.3) is 0 Å². The van der Waals surface area contributed by atoms with E-state index >= 15 is 0 Å². The van der Waals surface area contributed by atoms with Gasteiger partial charge in [-0.25, -0.2) is 0 Å². The summed E-state index contributed by atoms with van der Waals surface area (Å²) in [6.45, 7) is 9.14. The zero-order valence-electron chi connectivity index (χ0n) is 12.0. The van der Waals surface area contributed by atoms with Crippen molar-refractivity contribution < 1.29 is 4.74 Å². The second-order valence-electron chi connectivity index (χ2n) is 6.61. The largest absolute Gasteiger partial charge is 0.360 e. The number of hydrogen-bond acceptors (Lipinski definition) is 3. The molecule has 2 aliphatic heterocycles. The van der Waals surface area contributed by atoms with Gasteiger partial charge in [0.05, 0.1) is 6.61 Å². The lowest BCUT2D eigenvalue weighted by molar-refractivity contribution is -0.170. The molecular weight excluding hydrogens is 224 g/mol. The Morgan fingerprint density at radius 1 is 1.17 bits per heavy atom. The van der Waals surface area contributed by atoms with Gasteiger partial charge in [-0.2, -0.15) is 0 Å². The van der Waals surface area contributed by atoms with E-state index in [1.807, 2.05) is 0 Å². The van der Waals surface area contributed by atoms with Gasteiger partial charge in [0.2, 0.25) is 0 Å². The molecule has 0 atom stereocenters. The van der Waals surface area contributed by atoms with Crippen LogP contribution in [-0.4, -0.2) is 42.9 Å². The smallest absolute Gasteiger partial charge is 0.121 e. The van der Waals surface area contributed by atoms with Gasteiger partial charge in [-0.1, -0.05) is 13.8 Å². The molecule has 2 saturated heterocycles. The lowest BCUT2D eigenvalue weighted by Crippen LogP contribution is -2.62. The van der Waals surface area contributed by atoms with Crippen LogP contribution in [0, 0.1) is 5.41 Å². The average Bonchev–Trinajstić information content (AvgIpc) is 3.26. The van der Waals surface area contributed by atoms with E-state index < -0.39 is 0 Å². The molecule has 1 saturated carbocycles. The first-order chi connectivity index (χ1) is 8.71. The van der Waals surface area contributed by atoms with Gasteiger partial charge in [0.15, 0.2) is 0 Å². The van der Waals surface area contributed by atoms with Crippen LogP contribution >= 0.6 is 0 Å². The zero-order valence-corrected chi connectivity index (χ0v) is 12.0. The van der Waals surface area contributed by atoms with Gasteiger partial charge >= 0.3 is 0 Å². The van der Waals surface area contributed by atoms with Crippen molar-refractivity contribution in [2.75, 3.05) is 26.2 Å². The number of nitrogens with zero attached hydrogens (tertiary/aromatic N) is 1. The number of hydrogen-bond donors (Lipinski definition) is 1. The number of nitrogens with one attached hydrogen (secondary N) is 1. The fourth-order valence-electron chi connectivity index (χ4n) is 3.46. The highest BCUT2D eigenvalue weighted by Gasteiger charge is 2.45. The molecule has 0 bridgehead atoms. The van der Waals surface area contributed by atoms with Crippen molar-refractivity contribution in [3.8, 4) is 0 Å². The van der Waals surface area contributed by atoms with Crippen LogP contribution in [0.3, 0.4) is 0 Å². The van der Waals surface area contributed by atoms with E-state index in [4.69, 9.17) is 4.74 Å². The number of ether oxygens (including phenoxy) is 1. The highest BCUT2D eigenvalue weighted by Crippen LogP contribution is 2.38. The Morgan fingerprint density at radius 3 is 2.28 bits per heavy atom. The minimum absolute atomic E-state index is 0.0131. The fourth-order valence-corrected chi connectivity index (χ4v) is 3.46. The van der Waals surface area contributed by atoms with Gasteiger partial charge in [0.1, 0.15) is 5.72 Å². The molecule has 1 spiro atoms. The molecule has 104 valence electrons. The second-order valence-corrected chi connectivity index (χ2v) is 6.61. The first-order valence-corrected chi connectivity index (χ1v) is 7.84. The maximum absolute atomic E-state index is 6.31. The summed E-state index contributed by atoms with van der Waals surface area (Å²) in [6, 6.07) is 0.913. The van der Waals surface area contributed by atoms with Crippen molar-refractivity contribution >= 4 is 0 Å². The lowest BCUT2D eigenvalue weighted by atomic mass is 9.80. The van der Waals surface area contributed by atoms with E-state index in [-0.39, 0.29) is 5.72 Å². The Bertz CT molecular complexity index is 277. The van der Waals surface area contributed by atoms with E-state index in [1.54, 1.807) is 0 Å². The van der Waals surface area contributed by atoms with Gasteiger partial charge in [-0.05, 0) is 25.7 Å². The van der Waals surface area contributed by atoms with E-state index in [0.29, 0.717) is 5.41 Å². The van der Waals surface area contributed by atoms with Crippen molar-refractivity contribution in [1.82, 2.24) is 10.2 Å². The standard InChI is InChI=1S/C15H28N2O/c1-3-14(4-2)11-16-15(18-12-14)7-9-17(10-8-15)13-5-6-13/h13,16H,3-12H2,1-2H3. The van der Waals surface area contributed by atoms with Crippen LogP contribution in [0.5, 0.6) is 0 Å². The maximum atomic E-state index is 6.31. The Hall–Kier alpha value is -0.120. The predicted octanol–water partition coefficient (Wildman–Crippen LogP) is 2.37. The van der Waals surface area contributed by atoms with Gasteiger partial charge in [0, 0.05) is 43.9 Å². The Kier molecular flexibility index (Phi) is 3.41. The van der Waals surface area contributed by atoms with E-state index in [9.17, 15) is 0 Å². The van der Waals surface area contributed by atoms with Gasteiger partial charge in [-0.3, -0.25) is 5.32 Å². The molecule has 0 unspecified atom stereocenters. The Labute approximate surface area is 111 Å². The maximum Gasteiger partial charge on any atom is 0.121 e. The summed E-state index contributed by atoms with van der Waals surface area (Å²) >= 11 is 0. The lowest BCUT2D eigenvalue weighted by Gasteiger charge is -2.50. The Balaban J connectivity index is 1.55. The van der Waals surface area contributed by atoms with Crippen LogP contribution in [0.4, 0.5) is 0 Å². The quantitative estimate of drug-likeness (QED) is 0.834. The highest BCUT2D eigenvalue weighted by atomic mass is 16.5. The zero-order chi connectivity index (χ0) is 12.6. The van der Waals surface area contributed by atoms with E-state index in [1.165, 1.54) is 51.6 Å². The van der Waals surface area contributed by atoms with E-state index in [0.717, 1.165) is 19.2 Å². The van der Waals surface area contributed by atoms with Crippen LogP contribution in [0.1, 0.15) is 52.4 Å². The molecule has 0 radical (unpaired) electrons. The second kappa shape index (κ2) is 4.77. The summed E-state index contributed by atoms with van der Waals surface area (Å²) < 4.78 is 6.31. The third-order valence-electron chi connectivity index (χ3n) is 5.61. The van der Waals surface area contributed by atoms with Crippen LogP contribution in [0.15, 0.2) is 0 Å². The molecule has 0 aromatic carbocycles. The molecule has 3 fully saturated rings. The molecule has 3 heteroatoms. The predicted molar refractivity (Wildman–Crippen MR) is 73.5 cm³/mol. The van der Waals surface area contributed by atoms with Gasteiger partial charge in [0.25, 0.3) is 0 Å². The minimum atomic E-state index is 0.0131. The summed E-state index contributed by atoms with van der Waals surface area (Å²) in [6.07, 6.45) is 7.65. The van der Waals surface area contributed by atoms with Crippen molar-refractivity contribution in [2.45, 2.75) is 64.1 Å². The van der Waals surface area contributed by atoms with Crippen molar-refractivity contribution in [2.24, 2.45) is 5.41 Å². The van der Waals surface area contributed by atoms with Crippen molar-refractivity contribution in [3.05, 3.63) is 0 Å². The highest BCUT2D eigenvalue weighted by molar-refractivity contribution is 4.96. The summed E-state index contributed by atoms with van der Waals surface area (Å²) in [4.78, 5) is 2.66. The fraction of sp³-hybridized carbons (Fsp3) is 1.00. The molecule has 0 amide bonds. The normalized spacial score (nSPS) is 31.7. The third-order valence-corrected chi connectivity index (χ3v) is 5.61. The summed E-state index contributed by atoms with van der Waals surface area (Å²) in [5, 5.41) is 3.76. The van der Waals surface area contributed by atoms with Crippen molar-refractivity contribution in [1.29, 1.82) is 0 Å². The number of rotatable bonds is 3. The van der Waals surface area contributed by atoms with E-state index in [2.05, 4.69) is 24.1 Å². The van der Waals surface area contributed by atoms with Gasteiger partial charge in [-0.15, -0.1) is 0 Å². The van der Waals surface area contributed by atoms with Gasteiger partial charge < -0.3 is 9.64 Å². The topological polar surface area (TPSA) is 24.5 Å². The third kappa shape index (κ3) is 2.33. The molecule has 0 aromatic rings. The molecular formula is C15H28N2O. The van der Waals surface area contributed by atoms with Crippen molar-refractivity contribution in [3.63, 3.8) is 0 Å². The number of piperidine rings is 1. The monoisotopic (exact) mass is 252 g/mol. The molecule has 0 aromatic heterocycles. The molecule has 2 heterocycles. The average molecular weight is 252 g/mol. The molecule has 3 nitrogen and oxygen atoms in total. The molecule has 3 rings (SSSR count). The first kappa shape index (κ1) is 12.9. The molecule has 3 aliphatic rings. The first-order valence-electron chi connectivity index (χ1n) is 7.84. The SMILES string of the molecule is CCC1(CC)CNC2(CCN(C3CC3)CC2)OC1. The molecule has 18 heavy (non-hydrogen) atoms. The van der Waals surface area contributed by atoms with Crippen LogP contribution in [0.2, 0.25) is 0 Å². The summed E-state index contributed by atoms with van der Waals surface area (Å²) in [7, 11) is 0. The van der Waals surface area contributed by atoms with Crippen LogP contribution in [-0.2, 0) is 4.74 Å². The Morgan fingerprint density at radius 2 is 1.83 bits per heavy atom. The molecule has 1 aliphatic carbocycles. The minimum Gasteiger partial charge on any atom is -0.360 e. The molecule has 1 N–H and O–H groups in total. The summed E-state index contributed by atoms with van der Waals surface area (Å²) in [5.74, 6) is 0. The number of likely N-dealkylation sites (tertiary alicyclic amines) is 1. The van der Waals surface area contributed by atoms with Crippen LogP contribution < -0.4 is 5.32 Å².